The minimum absolute atomic E-state index is 0.332. The SMILES string of the molecule is CN(C)c1noc(CN2Cc3ccccc3C[C@H]2C(N)=O)n1. The highest BCUT2D eigenvalue weighted by Gasteiger charge is 2.31. The summed E-state index contributed by atoms with van der Waals surface area (Å²) in [7, 11) is 3.69. The average molecular weight is 301 g/mol. The van der Waals surface area contributed by atoms with Gasteiger partial charge in [-0.05, 0) is 22.7 Å². The van der Waals surface area contributed by atoms with E-state index < -0.39 is 0 Å². The third-order valence-electron chi connectivity index (χ3n) is 3.87. The van der Waals surface area contributed by atoms with Gasteiger partial charge in [0, 0.05) is 20.6 Å². The number of primary amides is 1. The molecule has 0 saturated heterocycles. The number of carbonyl (C=O) groups excluding carboxylic acids is 1. The van der Waals surface area contributed by atoms with Crippen LogP contribution in [0.3, 0.4) is 0 Å². The van der Waals surface area contributed by atoms with Gasteiger partial charge in [0.15, 0.2) is 0 Å². The zero-order valence-corrected chi connectivity index (χ0v) is 12.7. The quantitative estimate of drug-likeness (QED) is 0.887. The zero-order chi connectivity index (χ0) is 15.7. The molecule has 2 N–H and O–H groups in total. The maximum Gasteiger partial charge on any atom is 0.265 e. The zero-order valence-electron chi connectivity index (χ0n) is 12.7. The lowest BCUT2D eigenvalue weighted by atomic mass is 9.93. The van der Waals surface area contributed by atoms with E-state index in [1.54, 1.807) is 4.90 Å². The van der Waals surface area contributed by atoms with Crippen molar-refractivity contribution in [1.29, 1.82) is 0 Å². The fraction of sp³-hybridized carbons (Fsp3) is 0.400. The number of nitrogens with two attached hydrogens (primary N) is 1. The Morgan fingerprint density at radius 1 is 1.41 bits per heavy atom. The first-order valence-electron chi connectivity index (χ1n) is 7.14. The molecule has 3 rings (SSSR count). The van der Waals surface area contributed by atoms with E-state index in [2.05, 4.69) is 16.2 Å². The van der Waals surface area contributed by atoms with Gasteiger partial charge < -0.3 is 15.2 Å². The molecular weight excluding hydrogens is 282 g/mol. The summed E-state index contributed by atoms with van der Waals surface area (Å²) in [6.45, 7) is 1.05. The van der Waals surface area contributed by atoms with E-state index in [9.17, 15) is 4.79 Å². The molecule has 0 spiro atoms. The summed E-state index contributed by atoms with van der Waals surface area (Å²) in [5.74, 6) is 0.666. The number of carbonyl (C=O) groups is 1. The van der Waals surface area contributed by atoms with Crippen molar-refractivity contribution in [2.75, 3.05) is 19.0 Å². The molecule has 7 nitrogen and oxygen atoms in total. The van der Waals surface area contributed by atoms with E-state index >= 15 is 0 Å². The smallest absolute Gasteiger partial charge is 0.265 e. The van der Waals surface area contributed by atoms with E-state index in [4.69, 9.17) is 10.3 Å². The monoisotopic (exact) mass is 301 g/mol. The molecule has 0 saturated carbocycles. The van der Waals surface area contributed by atoms with Gasteiger partial charge in [-0.1, -0.05) is 24.3 Å². The summed E-state index contributed by atoms with van der Waals surface area (Å²) in [5.41, 5.74) is 7.94. The van der Waals surface area contributed by atoms with E-state index in [0.29, 0.717) is 31.3 Å². The topological polar surface area (TPSA) is 88.5 Å². The second-order valence-electron chi connectivity index (χ2n) is 5.68. The Hall–Kier alpha value is -2.41. The van der Waals surface area contributed by atoms with Crippen molar-refractivity contribution in [3.63, 3.8) is 0 Å². The molecule has 1 aliphatic heterocycles. The molecule has 0 bridgehead atoms. The minimum atomic E-state index is -0.357. The first kappa shape index (κ1) is 14.5. The summed E-state index contributed by atoms with van der Waals surface area (Å²) < 4.78 is 5.25. The first-order chi connectivity index (χ1) is 10.5. The van der Waals surface area contributed by atoms with Gasteiger partial charge in [0.2, 0.25) is 11.8 Å². The predicted octanol–water partition coefficient (Wildman–Crippen LogP) is 0.548. The van der Waals surface area contributed by atoms with Gasteiger partial charge in [-0.3, -0.25) is 9.69 Å². The van der Waals surface area contributed by atoms with Gasteiger partial charge in [-0.15, -0.1) is 0 Å². The number of benzene rings is 1. The fourth-order valence-electron chi connectivity index (χ4n) is 2.69. The number of aromatic nitrogens is 2. The standard InChI is InChI=1S/C15H19N5O2/c1-19(2)15-17-13(22-18-15)9-20-8-11-6-4-3-5-10(11)7-12(20)14(16)21/h3-6,12H,7-9H2,1-2H3,(H2,16,21)/t12-/m0/s1. The van der Waals surface area contributed by atoms with Crippen LogP contribution < -0.4 is 10.6 Å². The summed E-state index contributed by atoms with van der Waals surface area (Å²) >= 11 is 0. The molecule has 1 amide bonds. The molecule has 2 aromatic rings. The number of amides is 1. The van der Waals surface area contributed by atoms with Crippen LogP contribution in [-0.4, -0.2) is 41.1 Å². The number of hydrogen-bond donors (Lipinski definition) is 1. The summed E-state index contributed by atoms with van der Waals surface area (Å²) in [5, 5.41) is 3.89. The van der Waals surface area contributed by atoms with Crippen molar-refractivity contribution < 1.29 is 9.32 Å². The van der Waals surface area contributed by atoms with E-state index in [-0.39, 0.29) is 11.9 Å². The van der Waals surface area contributed by atoms with Crippen LogP contribution in [0.4, 0.5) is 5.95 Å². The van der Waals surface area contributed by atoms with Crippen LogP contribution >= 0.6 is 0 Å². The third kappa shape index (κ3) is 2.80. The molecule has 1 atom stereocenters. The fourth-order valence-corrected chi connectivity index (χ4v) is 2.69. The second-order valence-corrected chi connectivity index (χ2v) is 5.68. The lowest BCUT2D eigenvalue weighted by Crippen LogP contribution is -2.48. The van der Waals surface area contributed by atoms with Crippen LogP contribution in [0.2, 0.25) is 0 Å². The van der Waals surface area contributed by atoms with Crippen LogP contribution in [0.25, 0.3) is 0 Å². The van der Waals surface area contributed by atoms with Crippen molar-refractivity contribution in [2.24, 2.45) is 5.73 Å². The largest absolute Gasteiger partial charge is 0.368 e. The molecular formula is C15H19N5O2. The van der Waals surface area contributed by atoms with Gasteiger partial charge in [0.1, 0.15) is 0 Å². The Balaban J connectivity index is 1.82. The molecule has 7 heteroatoms. The van der Waals surface area contributed by atoms with Crippen LogP contribution in [-0.2, 0) is 24.3 Å². The first-order valence-corrected chi connectivity index (χ1v) is 7.14. The Kier molecular flexibility index (Phi) is 3.81. The molecule has 0 fully saturated rings. The molecule has 1 aromatic heterocycles. The van der Waals surface area contributed by atoms with Crippen molar-refractivity contribution in [2.45, 2.75) is 25.6 Å². The summed E-state index contributed by atoms with van der Waals surface area (Å²) in [4.78, 5) is 19.8. The lowest BCUT2D eigenvalue weighted by Gasteiger charge is -2.33. The van der Waals surface area contributed by atoms with Crippen molar-refractivity contribution in [3.8, 4) is 0 Å². The summed E-state index contributed by atoms with van der Waals surface area (Å²) in [6.07, 6.45) is 0.611. The number of fused-ring (bicyclic) bond motifs is 1. The molecule has 0 aliphatic carbocycles. The molecule has 22 heavy (non-hydrogen) atoms. The van der Waals surface area contributed by atoms with Gasteiger partial charge in [0.05, 0.1) is 12.6 Å². The maximum absolute atomic E-state index is 11.8. The molecule has 116 valence electrons. The van der Waals surface area contributed by atoms with Gasteiger partial charge >= 0.3 is 0 Å². The average Bonchev–Trinajstić information content (AvgIpc) is 2.95. The normalized spacial score (nSPS) is 18.0. The molecule has 1 aliphatic rings. The Bertz CT molecular complexity index is 682. The van der Waals surface area contributed by atoms with Crippen molar-refractivity contribution in [3.05, 3.63) is 41.3 Å². The Labute approximate surface area is 128 Å². The van der Waals surface area contributed by atoms with E-state index in [0.717, 1.165) is 0 Å². The van der Waals surface area contributed by atoms with E-state index in [1.165, 1.54) is 11.1 Å². The highest BCUT2D eigenvalue weighted by atomic mass is 16.5. The number of rotatable bonds is 4. The second kappa shape index (κ2) is 5.76. The third-order valence-corrected chi connectivity index (χ3v) is 3.87. The van der Waals surface area contributed by atoms with Crippen LogP contribution in [0.1, 0.15) is 17.0 Å². The van der Waals surface area contributed by atoms with Gasteiger partial charge in [-0.2, -0.15) is 4.98 Å². The minimum Gasteiger partial charge on any atom is -0.368 e. The van der Waals surface area contributed by atoms with Crippen LogP contribution in [0, 0.1) is 0 Å². The number of anilines is 1. The highest BCUT2D eigenvalue weighted by molar-refractivity contribution is 5.80. The lowest BCUT2D eigenvalue weighted by molar-refractivity contribution is -0.124. The van der Waals surface area contributed by atoms with Crippen molar-refractivity contribution >= 4 is 11.9 Å². The van der Waals surface area contributed by atoms with Crippen LogP contribution in [0.15, 0.2) is 28.8 Å². The van der Waals surface area contributed by atoms with Gasteiger partial charge in [-0.25, -0.2) is 0 Å². The van der Waals surface area contributed by atoms with Crippen LogP contribution in [0.5, 0.6) is 0 Å². The summed E-state index contributed by atoms with van der Waals surface area (Å²) in [6, 6.07) is 7.73. The number of nitrogens with zero attached hydrogens (tertiary/aromatic N) is 4. The predicted molar refractivity (Wildman–Crippen MR) is 81.0 cm³/mol. The molecule has 2 heterocycles. The van der Waals surface area contributed by atoms with Gasteiger partial charge in [0.25, 0.3) is 5.95 Å². The van der Waals surface area contributed by atoms with E-state index in [1.807, 2.05) is 37.2 Å². The molecule has 0 radical (unpaired) electrons. The Morgan fingerprint density at radius 2 is 2.14 bits per heavy atom. The number of hydrogen-bond acceptors (Lipinski definition) is 6. The molecule has 1 aromatic carbocycles. The Morgan fingerprint density at radius 3 is 2.77 bits per heavy atom. The molecule has 0 unspecified atom stereocenters. The highest BCUT2D eigenvalue weighted by Crippen LogP contribution is 2.24. The maximum atomic E-state index is 11.8. The van der Waals surface area contributed by atoms with Crippen molar-refractivity contribution in [1.82, 2.24) is 15.0 Å².